The SMILES string of the molecule is CCCC(CC)Nc1c([N+](=O)[O-])cnc2ccccc12. The van der Waals surface area contributed by atoms with Crippen LogP contribution < -0.4 is 5.32 Å². The number of hydrogen-bond acceptors (Lipinski definition) is 4. The van der Waals surface area contributed by atoms with E-state index in [0.29, 0.717) is 5.69 Å². The summed E-state index contributed by atoms with van der Waals surface area (Å²) >= 11 is 0. The van der Waals surface area contributed by atoms with Crippen LogP contribution in [0.2, 0.25) is 0 Å². The number of hydrogen-bond donors (Lipinski definition) is 1. The van der Waals surface area contributed by atoms with Gasteiger partial charge in [0.2, 0.25) is 0 Å². The van der Waals surface area contributed by atoms with Gasteiger partial charge in [-0.3, -0.25) is 10.1 Å². The molecule has 1 atom stereocenters. The van der Waals surface area contributed by atoms with Crippen LogP contribution in [0.5, 0.6) is 0 Å². The maximum Gasteiger partial charge on any atom is 0.311 e. The van der Waals surface area contributed by atoms with Crippen LogP contribution in [0.3, 0.4) is 0 Å². The lowest BCUT2D eigenvalue weighted by atomic mass is 10.1. The fourth-order valence-corrected chi connectivity index (χ4v) is 2.35. The van der Waals surface area contributed by atoms with Gasteiger partial charge in [-0.05, 0) is 18.9 Å². The van der Waals surface area contributed by atoms with E-state index < -0.39 is 0 Å². The zero-order chi connectivity index (χ0) is 14.5. The highest BCUT2D eigenvalue weighted by atomic mass is 16.6. The molecule has 0 fully saturated rings. The zero-order valence-electron chi connectivity index (χ0n) is 11.8. The molecule has 0 spiro atoms. The van der Waals surface area contributed by atoms with Crippen LogP contribution >= 0.6 is 0 Å². The van der Waals surface area contributed by atoms with Gasteiger partial charge in [-0.25, -0.2) is 4.98 Å². The van der Waals surface area contributed by atoms with E-state index in [1.807, 2.05) is 24.3 Å². The number of para-hydroxylation sites is 1. The Hall–Kier alpha value is -2.17. The number of rotatable bonds is 6. The number of pyridine rings is 1. The van der Waals surface area contributed by atoms with Gasteiger partial charge in [0.25, 0.3) is 0 Å². The quantitative estimate of drug-likeness (QED) is 0.634. The van der Waals surface area contributed by atoms with E-state index >= 15 is 0 Å². The third-order valence-electron chi connectivity index (χ3n) is 3.43. The van der Waals surface area contributed by atoms with Gasteiger partial charge in [-0.15, -0.1) is 0 Å². The predicted octanol–water partition coefficient (Wildman–Crippen LogP) is 4.13. The third-order valence-corrected chi connectivity index (χ3v) is 3.43. The average molecular weight is 273 g/mol. The van der Waals surface area contributed by atoms with Crippen LogP contribution in [-0.2, 0) is 0 Å². The highest BCUT2D eigenvalue weighted by Crippen LogP contribution is 2.32. The van der Waals surface area contributed by atoms with Crippen molar-refractivity contribution in [2.45, 2.75) is 39.2 Å². The number of nitro groups is 1. The van der Waals surface area contributed by atoms with Crippen molar-refractivity contribution in [1.29, 1.82) is 0 Å². The van der Waals surface area contributed by atoms with Crippen molar-refractivity contribution in [2.75, 3.05) is 5.32 Å². The van der Waals surface area contributed by atoms with E-state index in [1.165, 1.54) is 6.20 Å². The summed E-state index contributed by atoms with van der Waals surface area (Å²) in [5.41, 5.74) is 1.39. The summed E-state index contributed by atoms with van der Waals surface area (Å²) in [5, 5.41) is 15.4. The fraction of sp³-hybridized carbons (Fsp3) is 0.400. The molecule has 0 saturated carbocycles. The van der Waals surface area contributed by atoms with Gasteiger partial charge in [0.1, 0.15) is 11.9 Å². The minimum atomic E-state index is -0.375. The second-order valence-electron chi connectivity index (χ2n) is 4.83. The molecule has 1 N–H and O–H groups in total. The van der Waals surface area contributed by atoms with Gasteiger partial charge in [0, 0.05) is 11.4 Å². The lowest BCUT2D eigenvalue weighted by Gasteiger charge is -2.18. The molecule has 0 amide bonds. The first kappa shape index (κ1) is 14.2. The molecule has 1 aromatic heterocycles. The normalized spacial score (nSPS) is 12.3. The highest BCUT2D eigenvalue weighted by Gasteiger charge is 2.19. The van der Waals surface area contributed by atoms with Gasteiger partial charge in [0.15, 0.2) is 0 Å². The fourth-order valence-electron chi connectivity index (χ4n) is 2.35. The van der Waals surface area contributed by atoms with E-state index in [0.717, 1.165) is 30.2 Å². The van der Waals surface area contributed by atoms with Crippen molar-refractivity contribution in [3.63, 3.8) is 0 Å². The number of fused-ring (bicyclic) bond motifs is 1. The molecule has 5 heteroatoms. The third kappa shape index (κ3) is 2.87. The van der Waals surface area contributed by atoms with E-state index in [-0.39, 0.29) is 16.7 Å². The monoisotopic (exact) mass is 273 g/mol. The van der Waals surface area contributed by atoms with Crippen molar-refractivity contribution in [3.05, 3.63) is 40.6 Å². The summed E-state index contributed by atoms with van der Waals surface area (Å²) in [5.74, 6) is 0. The number of benzene rings is 1. The van der Waals surface area contributed by atoms with Crippen molar-refractivity contribution in [1.82, 2.24) is 4.98 Å². The van der Waals surface area contributed by atoms with Gasteiger partial charge in [-0.1, -0.05) is 38.5 Å². The standard InChI is InChI=1S/C15H19N3O2/c1-3-7-11(4-2)17-15-12-8-5-6-9-13(12)16-10-14(15)18(19)20/h5-6,8-11H,3-4,7H2,1-2H3,(H,16,17). The Labute approximate surface area is 118 Å². The molecule has 0 aliphatic carbocycles. The summed E-state index contributed by atoms with van der Waals surface area (Å²) in [6.45, 7) is 4.20. The molecule has 106 valence electrons. The minimum absolute atomic E-state index is 0.0400. The van der Waals surface area contributed by atoms with Gasteiger partial charge >= 0.3 is 5.69 Å². The van der Waals surface area contributed by atoms with E-state index in [4.69, 9.17) is 0 Å². The van der Waals surface area contributed by atoms with Crippen molar-refractivity contribution < 1.29 is 4.92 Å². The Kier molecular flexibility index (Phi) is 4.50. The number of nitrogens with zero attached hydrogens (tertiary/aromatic N) is 2. The first-order valence-electron chi connectivity index (χ1n) is 6.96. The first-order chi connectivity index (χ1) is 9.67. The second-order valence-corrected chi connectivity index (χ2v) is 4.83. The maximum atomic E-state index is 11.2. The first-order valence-corrected chi connectivity index (χ1v) is 6.96. The summed E-state index contributed by atoms with van der Waals surface area (Å²) < 4.78 is 0. The van der Waals surface area contributed by atoms with E-state index in [2.05, 4.69) is 24.1 Å². The topological polar surface area (TPSA) is 68.1 Å². The number of aromatic nitrogens is 1. The van der Waals surface area contributed by atoms with Gasteiger partial charge < -0.3 is 5.32 Å². The minimum Gasteiger partial charge on any atom is -0.376 e. The molecule has 1 unspecified atom stereocenters. The molecule has 20 heavy (non-hydrogen) atoms. The Morgan fingerprint density at radius 1 is 1.35 bits per heavy atom. The summed E-state index contributed by atoms with van der Waals surface area (Å²) in [7, 11) is 0. The van der Waals surface area contributed by atoms with Crippen molar-refractivity contribution in [3.8, 4) is 0 Å². The molecule has 5 nitrogen and oxygen atoms in total. The maximum absolute atomic E-state index is 11.2. The Balaban J connectivity index is 2.51. The van der Waals surface area contributed by atoms with E-state index in [1.54, 1.807) is 0 Å². The smallest absolute Gasteiger partial charge is 0.311 e. The van der Waals surface area contributed by atoms with Crippen LogP contribution in [0.1, 0.15) is 33.1 Å². The molecule has 2 rings (SSSR count). The molecular formula is C15H19N3O2. The van der Waals surface area contributed by atoms with Crippen molar-refractivity contribution in [2.24, 2.45) is 0 Å². The Morgan fingerprint density at radius 2 is 2.10 bits per heavy atom. The molecule has 0 saturated heterocycles. The van der Waals surface area contributed by atoms with Gasteiger partial charge in [0.05, 0.1) is 10.4 Å². The second kappa shape index (κ2) is 6.32. The number of anilines is 1. The predicted molar refractivity (Wildman–Crippen MR) is 81.0 cm³/mol. The van der Waals surface area contributed by atoms with Crippen LogP contribution in [0.4, 0.5) is 11.4 Å². The summed E-state index contributed by atoms with van der Waals surface area (Å²) in [6.07, 6.45) is 4.30. The zero-order valence-corrected chi connectivity index (χ0v) is 11.8. The molecule has 0 radical (unpaired) electrons. The molecule has 0 aliphatic rings. The molecule has 0 bridgehead atoms. The van der Waals surface area contributed by atoms with Crippen molar-refractivity contribution >= 4 is 22.3 Å². The molecular weight excluding hydrogens is 254 g/mol. The molecule has 1 heterocycles. The van der Waals surface area contributed by atoms with Crippen LogP contribution in [0, 0.1) is 10.1 Å². The number of nitrogens with one attached hydrogen (secondary N) is 1. The molecule has 1 aromatic carbocycles. The molecule has 2 aromatic rings. The Morgan fingerprint density at radius 3 is 2.75 bits per heavy atom. The lowest BCUT2D eigenvalue weighted by molar-refractivity contribution is -0.384. The van der Waals surface area contributed by atoms with Crippen LogP contribution in [-0.4, -0.2) is 15.9 Å². The van der Waals surface area contributed by atoms with Crippen LogP contribution in [0.15, 0.2) is 30.5 Å². The lowest BCUT2D eigenvalue weighted by Crippen LogP contribution is -2.19. The Bertz CT molecular complexity index is 613. The molecule has 0 aliphatic heterocycles. The van der Waals surface area contributed by atoms with Crippen LogP contribution in [0.25, 0.3) is 10.9 Å². The average Bonchev–Trinajstić information content (AvgIpc) is 2.46. The van der Waals surface area contributed by atoms with Gasteiger partial charge in [-0.2, -0.15) is 0 Å². The summed E-state index contributed by atoms with van der Waals surface area (Å²) in [6, 6.07) is 7.74. The van der Waals surface area contributed by atoms with E-state index in [9.17, 15) is 10.1 Å². The highest BCUT2D eigenvalue weighted by molar-refractivity contribution is 5.95. The largest absolute Gasteiger partial charge is 0.376 e. The summed E-state index contributed by atoms with van der Waals surface area (Å²) in [4.78, 5) is 15.0.